The minimum absolute atomic E-state index is 0.203. The number of nitrogens with one attached hydrogen (secondary N) is 2. The number of hydrogen-bond acceptors (Lipinski definition) is 4. The van der Waals surface area contributed by atoms with Gasteiger partial charge in [0.05, 0.1) is 12.3 Å². The zero-order valence-electron chi connectivity index (χ0n) is 12.9. The minimum atomic E-state index is -3.69. The number of aryl methyl sites for hydroxylation is 1. The Labute approximate surface area is 125 Å². The monoisotopic (exact) mass is 317 g/mol. The summed E-state index contributed by atoms with van der Waals surface area (Å²) in [7, 11) is -2.19. The topological polar surface area (TPSA) is 91.5 Å². The van der Waals surface area contributed by atoms with Gasteiger partial charge in [-0.3, -0.25) is 4.72 Å². The molecule has 1 heterocycles. The molecule has 21 heavy (non-hydrogen) atoms. The molecule has 7 nitrogen and oxygen atoms in total. The van der Waals surface area contributed by atoms with Gasteiger partial charge in [-0.05, 0) is 20.3 Å². The number of hydrogen-bond donors (Lipinski definition) is 2. The van der Waals surface area contributed by atoms with Crippen LogP contribution in [0.3, 0.4) is 0 Å². The molecule has 1 aromatic rings. The Morgan fingerprint density at radius 3 is 2.67 bits per heavy atom. The van der Waals surface area contributed by atoms with Crippen molar-refractivity contribution in [2.75, 3.05) is 24.9 Å². The molecule has 2 N–H and O–H groups in total. The number of unbranched alkanes of at least 4 members (excludes halogenated alkanes) is 1. The summed E-state index contributed by atoms with van der Waals surface area (Å²) < 4.78 is 33.0. The molecule has 1 aromatic heterocycles. The van der Waals surface area contributed by atoms with E-state index in [1.54, 1.807) is 13.8 Å². The minimum Gasteiger partial charge on any atom is -0.462 e. The molecule has 1 rings (SSSR count). The molecule has 0 atom stereocenters. The summed E-state index contributed by atoms with van der Waals surface area (Å²) in [6.07, 6.45) is 3.12. The number of anilines is 1. The molecule has 0 spiro atoms. The molecule has 0 saturated heterocycles. The third-order valence-electron chi connectivity index (χ3n) is 3.03. The maximum atomic E-state index is 12.2. The Balaban J connectivity index is 2.95. The first-order valence-corrected chi connectivity index (χ1v) is 8.36. The van der Waals surface area contributed by atoms with Crippen molar-refractivity contribution in [2.24, 2.45) is 0 Å². The van der Waals surface area contributed by atoms with Crippen LogP contribution in [-0.4, -0.2) is 43.9 Å². The fourth-order valence-corrected chi connectivity index (χ4v) is 2.76. The zero-order valence-corrected chi connectivity index (χ0v) is 13.7. The van der Waals surface area contributed by atoms with Gasteiger partial charge in [-0.1, -0.05) is 13.3 Å². The summed E-state index contributed by atoms with van der Waals surface area (Å²) in [5.41, 5.74) is 0.973. The molecule has 0 aromatic carbocycles. The van der Waals surface area contributed by atoms with Gasteiger partial charge in [-0.2, -0.15) is 12.7 Å². The maximum Gasteiger partial charge on any atom is 0.342 e. The summed E-state index contributed by atoms with van der Waals surface area (Å²) in [5.74, 6) is -0.551. The molecule has 0 saturated carbocycles. The highest BCUT2D eigenvalue weighted by atomic mass is 32.2. The van der Waals surface area contributed by atoms with Crippen molar-refractivity contribution in [1.82, 2.24) is 9.29 Å². The van der Waals surface area contributed by atoms with Gasteiger partial charge in [0.1, 0.15) is 5.56 Å². The van der Waals surface area contributed by atoms with E-state index in [1.807, 2.05) is 6.92 Å². The van der Waals surface area contributed by atoms with E-state index in [0.29, 0.717) is 12.2 Å². The number of carbonyl (C=O) groups is 1. The largest absolute Gasteiger partial charge is 0.462 e. The van der Waals surface area contributed by atoms with E-state index in [4.69, 9.17) is 4.74 Å². The van der Waals surface area contributed by atoms with Crippen molar-refractivity contribution in [3.8, 4) is 0 Å². The Hall–Kier alpha value is -1.54. The third-order valence-corrected chi connectivity index (χ3v) is 4.51. The number of nitrogens with zero attached hydrogens (tertiary/aromatic N) is 1. The van der Waals surface area contributed by atoms with Crippen LogP contribution in [0.15, 0.2) is 6.20 Å². The van der Waals surface area contributed by atoms with Crippen LogP contribution in [0.4, 0.5) is 5.69 Å². The van der Waals surface area contributed by atoms with E-state index in [2.05, 4.69) is 9.71 Å². The van der Waals surface area contributed by atoms with Crippen molar-refractivity contribution in [3.63, 3.8) is 0 Å². The number of rotatable bonds is 8. The zero-order chi connectivity index (χ0) is 16.0. The molecule has 8 heteroatoms. The molecule has 0 unspecified atom stereocenters. The first kappa shape index (κ1) is 17.5. The van der Waals surface area contributed by atoms with Crippen molar-refractivity contribution < 1.29 is 17.9 Å². The van der Waals surface area contributed by atoms with Crippen LogP contribution in [0, 0.1) is 6.92 Å². The van der Waals surface area contributed by atoms with Gasteiger partial charge >= 0.3 is 16.2 Å². The molecule has 0 amide bonds. The lowest BCUT2D eigenvalue weighted by molar-refractivity contribution is 0.0527. The lowest BCUT2D eigenvalue weighted by Gasteiger charge is -2.18. The molecule has 0 fully saturated rings. The van der Waals surface area contributed by atoms with E-state index >= 15 is 0 Å². The molecule has 0 bridgehead atoms. The van der Waals surface area contributed by atoms with Gasteiger partial charge in [-0.25, -0.2) is 4.79 Å². The number of H-pyrrole nitrogens is 1. The van der Waals surface area contributed by atoms with Gasteiger partial charge in [0.15, 0.2) is 0 Å². The highest BCUT2D eigenvalue weighted by molar-refractivity contribution is 7.90. The molecular formula is C13H23N3O4S. The van der Waals surface area contributed by atoms with Crippen LogP contribution in [0.25, 0.3) is 0 Å². The number of ether oxygens (including phenoxy) is 1. The van der Waals surface area contributed by atoms with E-state index in [1.165, 1.54) is 17.5 Å². The van der Waals surface area contributed by atoms with E-state index in [9.17, 15) is 13.2 Å². The fourth-order valence-electron chi connectivity index (χ4n) is 1.79. The Bertz CT molecular complexity index is 580. The molecule has 0 radical (unpaired) electrons. The van der Waals surface area contributed by atoms with Gasteiger partial charge in [0.25, 0.3) is 0 Å². The van der Waals surface area contributed by atoms with Crippen LogP contribution in [-0.2, 0) is 14.9 Å². The maximum absolute atomic E-state index is 12.2. The van der Waals surface area contributed by atoms with Crippen molar-refractivity contribution >= 4 is 21.9 Å². The van der Waals surface area contributed by atoms with Crippen LogP contribution in [0.1, 0.15) is 42.7 Å². The second-order valence-corrected chi connectivity index (χ2v) is 6.48. The van der Waals surface area contributed by atoms with Crippen molar-refractivity contribution in [2.45, 2.75) is 33.6 Å². The first-order valence-electron chi connectivity index (χ1n) is 6.92. The second-order valence-electron chi connectivity index (χ2n) is 4.71. The predicted octanol–water partition coefficient (Wildman–Crippen LogP) is 1.89. The third kappa shape index (κ3) is 4.47. The highest BCUT2D eigenvalue weighted by Crippen LogP contribution is 2.22. The van der Waals surface area contributed by atoms with Crippen molar-refractivity contribution in [3.05, 3.63) is 17.5 Å². The second kappa shape index (κ2) is 7.46. The predicted molar refractivity (Wildman–Crippen MR) is 81.6 cm³/mol. The first-order chi connectivity index (χ1) is 9.83. The van der Waals surface area contributed by atoms with Gasteiger partial charge in [-0.15, -0.1) is 0 Å². The number of aromatic amines is 1. The Morgan fingerprint density at radius 2 is 2.10 bits per heavy atom. The highest BCUT2D eigenvalue weighted by Gasteiger charge is 2.23. The average molecular weight is 317 g/mol. The summed E-state index contributed by atoms with van der Waals surface area (Å²) >= 11 is 0. The van der Waals surface area contributed by atoms with Gasteiger partial charge < -0.3 is 9.72 Å². The summed E-state index contributed by atoms with van der Waals surface area (Å²) in [5, 5.41) is 0. The number of aromatic nitrogens is 1. The van der Waals surface area contributed by atoms with Gasteiger partial charge in [0, 0.05) is 25.5 Å². The van der Waals surface area contributed by atoms with E-state index < -0.39 is 16.2 Å². The lowest BCUT2D eigenvalue weighted by Crippen LogP contribution is -2.33. The SMILES string of the molecule is CCCCN(C)S(=O)(=O)Nc1c[nH]c(C)c1C(=O)OCC. The van der Waals surface area contributed by atoms with E-state index in [0.717, 1.165) is 12.8 Å². The number of carbonyl (C=O) groups excluding carboxylic acids is 1. The molecular weight excluding hydrogens is 294 g/mol. The Kier molecular flexibility index (Phi) is 6.22. The molecule has 0 aliphatic rings. The van der Waals surface area contributed by atoms with Crippen LogP contribution < -0.4 is 4.72 Å². The van der Waals surface area contributed by atoms with Crippen LogP contribution in [0.5, 0.6) is 0 Å². The normalized spacial score (nSPS) is 11.7. The van der Waals surface area contributed by atoms with Gasteiger partial charge in [0.2, 0.25) is 0 Å². The van der Waals surface area contributed by atoms with Crippen LogP contribution in [0.2, 0.25) is 0 Å². The molecule has 120 valence electrons. The lowest BCUT2D eigenvalue weighted by atomic mass is 10.2. The van der Waals surface area contributed by atoms with Crippen LogP contribution >= 0.6 is 0 Å². The van der Waals surface area contributed by atoms with E-state index in [-0.39, 0.29) is 17.9 Å². The molecule has 0 aliphatic heterocycles. The quantitative estimate of drug-likeness (QED) is 0.716. The van der Waals surface area contributed by atoms with Crippen molar-refractivity contribution in [1.29, 1.82) is 0 Å². The summed E-state index contributed by atoms with van der Waals surface area (Å²) in [4.78, 5) is 14.7. The summed E-state index contributed by atoms with van der Waals surface area (Å²) in [6, 6.07) is 0. The molecule has 0 aliphatic carbocycles. The Morgan fingerprint density at radius 1 is 1.43 bits per heavy atom. The average Bonchev–Trinajstić information content (AvgIpc) is 2.76. The standard InChI is InChI=1S/C13H23N3O4S/c1-5-7-8-16(4)21(18,19)15-11-9-14-10(3)12(11)13(17)20-6-2/h9,14-15H,5-8H2,1-4H3. The smallest absolute Gasteiger partial charge is 0.342 e. The fraction of sp³-hybridized carbons (Fsp3) is 0.615. The number of esters is 1. The summed E-state index contributed by atoms with van der Waals surface area (Å²) in [6.45, 7) is 6.02.